The van der Waals surface area contributed by atoms with Crippen LogP contribution in [0.1, 0.15) is 37.7 Å². The SMILES string of the molecule is COc1ccc(/C=N\NC(=O)CN2CCCCCCC2)c(OC)c1. The van der Waals surface area contributed by atoms with Crippen LogP contribution in [-0.2, 0) is 4.79 Å². The van der Waals surface area contributed by atoms with E-state index < -0.39 is 0 Å². The number of carbonyl (C=O) groups is 1. The van der Waals surface area contributed by atoms with Gasteiger partial charge >= 0.3 is 0 Å². The van der Waals surface area contributed by atoms with Crippen molar-refractivity contribution >= 4 is 12.1 Å². The second-order valence-corrected chi connectivity index (χ2v) is 5.94. The molecule has 0 unspecified atom stereocenters. The van der Waals surface area contributed by atoms with Crippen molar-refractivity contribution in [3.63, 3.8) is 0 Å². The van der Waals surface area contributed by atoms with Crippen LogP contribution in [0, 0.1) is 0 Å². The molecular formula is C18H27N3O3. The van der Waals surface area contributed by atoms with Gasteiger partial charge in [-0.25, -0.2) is 5.43 Å². The largest absolute Gasteiger partial charge is 0.497 e. The highest BCUT2D eigenvalue weighted by atomic mass is 16.5. The molecule has 0 aliphatic carbocycles. The summed E-state index contributed by atoms with van der Waals surface area (Å²) in [5.41, 5.74) is 3.38. The number of hydrogen-bond acceptors (Lipinski definition) is 5. The molecule has 132 valence electrons. The Labute approximate surface area is 143 Å². The molecule has 1 N–H and O–H groups in total. The van der Waals surface area contributed by atoms with Gasteiger partial charge in [0.25, 0.3) is 5.91 Å². The number of hydrogen-bond donors (Lipinski definition) is 1. The van der Waals surface area contributed by atoms with Gasteiger partial charge in [-0.05, 0) is 38.1 Å². The molecule has 6 nitrogen and oxygen atoms in total. The second-order valence-electron chi connectivity index (χ2n) is 5.94. The van der Waals surface area contributed by atoms with Crippen molar-refractivity contribution in [1.29, 1.82) is 0 Å². The maximum absolute atomic E-state index is 12.0. The number of carbonyl (C=O) groups excluding carboxylic acids is 1. The van der Waals surface area contributed by atoms with Crippen LogP contribution in [0.2, 0.25) is 0 Å². The molecule has 1 fully saturated rings. The number of nitrogens with one attached hydrogen (secondary N) is 1. The van der Waals surface area contributed by atoms with E-state index in [1.807, 2.05) is 12.1 Å². The molecule has 1 heterocycles. The minimum absolute atomic E-state index is 0.0840. The lowest BCUT2D eigenvalue weighted by Gasteiger charge is -2.23. The summed E-state index contributed by atoms with van der Waals surface area (Å²) in [6.45, 7) is 2.38. The quantitative estimate of drug-likeness (QED) is 0.641. The molecule has 1 aliphatic rings. The van der Waals surface area contributed by atoms with Crippen LogP contribution in [0.15, 0.2) is 23.3 Å². The fourth-order valence-electron chi connectivity index (χ4n) is 2.81. The maximum Gasteiger partial charge on any atom is 0.254 e. The number of likely N-dealkylation sites (tertiary alicyclic amines) is 1. The van der Waals surface area contributed by atoms with Gasteiger partial charge in [0.15, 0.2) is 0 Å². The van der Waals surface area contributed by atoms with Crippen molar-refractivity contribution in [1.82, 2.24) is 10.3 Å². The van der Waals surface area contributed by atoms with Crippen LogP contribution in [0.4, 0.5) is 0 Å². The summed E-state index contributed by atoms with van der Waals surface area (Å²) in [5, 5.41) is 4.04. The van der Waals surface area contributed by atoms with Gasteiger partial charge in [-0.15, -0.1) is 0 Å². The fourth-order valence-corrected chi connectivity index (χ4v) is 2.81. The normalized spacial score (nSPS) is 16.4. The van der Waals surface area contributed by atoms with E-state index in [1.165, 1.54) is 32.1 Å². The van der Waals surface area contributed by atoms with Crippen molar-refractivity contribution < 1.29 is 14.3 Å². The van der Waals surface area contributed by atoms with Gasteiger partial charge in [0, 0.05) is 11.6 Å². The molecule has 1 aromatic carbocycles. The van der Waals surface area contributed by atoms with E-state index in [2.05, 4.69) is 15.4 Å². The summed E-state index contributed by atoms with van der Waals surface area (Å²) in [6, 6.07) is 5.45. The minimum Gasteiger partial charge on any atom is -0.497 e. The lowest BCUT2D eigenvalue weighted by molar-refractivity contribution is -0.122. The van der Waals surface area contributed by atoms with E-state index in [9.17, 15) is 4.79 Å². The smallest absolute Gasteiger partial charge is 0.254 e. The third-order valence-corrected chi connectivity index (χ3v) is 4.15. The molecule has 0 spiro atoms. The molecule has 1 amide bonds. The first-order chi connectivity index (χ1) is 11.7. The van der Waals surface area contributed by atoms with Gasteiger partial charge in [-0.3, -0.25) is 9.69 Å². The summed E-state index contributed by atoms with van der Waals surface area (Å²) in [6.07, 6.45) is 7.75. The maximum atomic E-state index is 12.0. The van der Waals surface area contributed by atoms with Crippen molar-refractivity contribution in [2.45, 2.75) is 32.1 Å². The number of rotatable bonds is 6. The highest BCUT2D eigenvalue weighted by Crippen LogP contribution is 2.22. The molecule has 2 rings (SSSR count). The Morgan fingerprint density at radius 3 is 2.54 bits per heavy atom. The molecule has 0 radical (unpaired) electrons. The molecule has 0 bridgehead atoms. The van der Waals surface area contributed by atoms with Crippen molar-refractivity contribution in [2.75, 3.05) is 33.9 Å². The third-order valence-electron chi connectivity index (χ3n) is 4.15. The Morgan fingerprint density at radius 2 is 1.88 bits per heavy atom. The van der Waals surface area contributed by atoms with Crippen molar-refractivity contribution in [2.24, 2.45) is 5.10 Å². The predicted octanol–water partition coefficient (Wildman–Crippen LogP) is 2.42. The van der Waals surface area contributed by atoms with Gasteiger partial charge in [0.05, 0.1) is 27.0 Å². The van der Waals surface area contributed by atoms with Crippen molar-refractivity contribution in [3.05, 3.63) is 23.8 Å². The first-order valence-electron chi connectivity index (χ1n) is 8.49. The number of benzene rings is 1. The van der Waals surface area contributed by atoms with Crippen LogP contribution in [0.5, 0.6) is 11.5 Å². The second kappa shape index (κ2) is 9.93. The van der Waals surface area contributed by atoms with E-state index in [4.69, 9.17) is 9.47 Å². The average Bonchev–Trinajstić information content (AvgIpc) is 2.57. The van der Waals surface area contributed by atoms with Gasteiger partial charge < -0.3 is 9.47 Å². The summed E-state index contributed by atoms with van der Waals surface area (Å²) >= 11 is 0. The Kier molecular flexibility index (Phi) is 7.55. The van der Waals surface area contributed by atoms with E-state index >= 15 is 0 Å². The summed E-state index contributed by atoms with van der Waals surface area (Å²) < 4.78 is 10.5. The van der Waals surface area contributed by atoms with E-state index in [-0.39, 0.29) is 5.91 Å². The van der Waals surface area contributed by atoms with Gasteiger partial charge in [-0.1, -0.05) is 19.3 Å². The minimum atomic E-state index is -0.0840. The number of nitrogens with zero attached hydrogens (tertiary/aromatic N) is 2. The number of methoxy groups -OCH3 is 2. The monoisotopic (exact) mass is 333 g/mol. The molecule has 0 atom stereocenters. The third kappa shape index (κ3) is 5.85. The zero-order chi connectivity index (χ0) is 17.2. The summed E-state index contributed by atoms with van der Waals surface area (Å²) in [5.74, 6) is 1.28. The van der Waals surface area contributed by atoms with Gasteiger partial charge in [0.2, 0.25) is 0 Å². The lowest BCUT2D eigenvalue weighted by Crippen LogP contribution is -2.37. The summed E-state index contributed by atoms with van der Waals surface area (Å²) in [4.78, 5) is 14.2. The van der Waals surface area contributed by atoms with Crippen LogP contribution in [-0.4, -0.2) is 50.9 Å². The van der Waals surface area contributed by atoms with Gasteiger partial charge in [0.1, 0.15) is 11.5 Å². The molecular weight excluding hydrogens is 306 g/mol. The molecule has 6 heteroatoms. The topological polar surface area (TPSA) is 63.2 Å². The average molecular weight is 333 g/mol. The fraction of sp³-hybridized carbons (Fsp3) is 0.556. The van der Waals surface area contributed by atoms with E-state index in [1.54, 1.807) is 26.5 Å². The highest BCUT2D eigenvalue weighted by molar-refractivity contribution is 5.86. The van der Waals surface area contributed by atoms with E-state index in [0.29, 0.717) is 18.0 Å². The van der Waals surface area contributed by atoms with Crippen LogP contribution >= 0.6 is 0 Å². The Hall–Kier alpha value is -2.08. The van der Waals surface area contributed by atoms with Gasteiger partial charge in [-0.2, -0.15) is 5.10 Å². The molecule has 1 aliphatic heterocycles. The Bertz CT molecular complexity index is 552. The van der Waals surface area contributed by atoms with Crippen LogP contribution in [0.3, 0.4) is 0 Å². The van der Waals surface area contributed by atoms with E-state index in [0.717, 1.165) is 18.7 Å². The zero-order valence-corrected chi connectivity index (χ0v) is 14.6. The number of hydrazone groups is 1. The standard InChI is InChI=1S/C18H27N3O3/c1-23-16-9-8-15(17(12-16)24-2)13-19-20-18(22)14-21-10-6-4-3-5-7-11-21/h8-9,12-13H,3-7,10-11,14H2,1-2H3,(H,20,22)/b19-13-. The molecule has 0 saturated carbocycles. The molecule has 24 heavy (non-hydrogen) atoms. The summed E-state index contributed by atoms with van der Waals surface area (Å²) in [7, 11) is 3.19. The number of amides is 1. The predicted molar refractivity (Wildman–Crippen MR) is 94.8 cm³/mol. The molecule has 0 aromatic heterocycles. The van der Waals surface area contributed by atoms with Crippen LogP contribution in [0.25, 0.3) is 0 Å². The highest BCUT2D eigenvalue weighted by Gasteiger charge is 2.11. The number of ether oxygens (including phenoxy) is 2. The zero-order valence-electron chi connectivity index (χ0n) is 14.6. The Morgan fingerprint density at radius 1 is 1.17 bits per heavy atom. The first-order valence-corrected chi connectivity index (χ1v) is 8.49. The van der Waals surface area contributed by atoms with Crippen molar-refractivity contribution in [3.8, 4) is 11.5 Å². The first kappa shape index (κ1) is 18.3. The molecule has 1 aromatic rings. The van der Waals surface area contributed by atoms with Crippen LogP contribution < -0.4 is 14.9 Å². The molecule has 1 saturated heterocycles. The Balaban J connectivity index is 1.85. The lowest BCUT2D eigenvalue weighted by atomic mass is 10.1.